The minimum absolute atomic E-state index is 0.132. The average Bonchev–Trinajstić information content (AvgIpc) is 2.52. The summed E-state index contributed by atoms with van der Waals surface area (Å²) in [6.45, 7) is 3.12. The zero-order valence-electron chi connectivity index (χ0n) is 12.2. The monoisotopic (exact) mass is 300 g/mol. The van der Waals surface area contributed by atoms with Crippen LogP contribution in [0.1, 0.15) is 18.9 Å². The summed E-state index contributed by atoms with van der Waals surface area (Å²) in [6.07, 6.45) is 4.60. The van der Waals surface area contributed by atoms with Crippen LogP contribution in [0.2, 0.25) is 0 Å². The molecule has 0 saturated carbocycles. The molecular formula is C17H20N2OS. The van der Waals surface area contributed by atoms with Gasteiger partial charge in [0.05, 0.1) is 0 Å². The summed E-state index contributed by atoms with van der Waals surface area (Å²) in [5, 5.41) is 0. The zero-order valence-corrected chi connectivity index (χ0v) is 13.1. The van der Waals surface area contributed by atoms with Crippen molar-refractivity contribution in [1.82, 2.24) is 9.88 Å². The normalized spacial score (nSPS) is 10.3. The summed E-state index contributed by atoms with van der Waals surface area (Å²) in [5.41, 5.74) is 1.18. The molecule has 0 N–H and O–H groups in total. The molecule has 3 nitrogen and oxygen atoms in total. The second-order valence-electron chi connectivity index (χ2n) is 4.81. The minimum atomic E-state index is 0.132. The highest BCUT2D eigenvalue weighted by molar-refractivity contribution is 7.99. The fourth-order valence-corrected chi connectivity index (χ4v) is 2.85. The number of thioether (sulfide) groups is 1. The SMILES string of the molecule is CC(=O)N(CCCSc1ccncc1)Cc1ccccc1. The fraction of sp³-hybridized carbons (Fsp3) is 0.294. The number of benzene rings is 1. The number of rotatable bonds is 7. The number of nitrogens with zero attached hydrogens (tertiary/aromatic N) is 2. The second-order valence-corrected chi connectivity index (χ2v) is 5.98. The highest BCUT2D eigenvalue weighted by Gasteiger charge is 2.08. The number of hydrogen-bond acceptors (Lipinski definition) is 3. The Labute approximate surface area is 130 Å². The highest BCUT2D eigenvalue weighted by atomic mass is 32.2. The Hall–Kier alpha value is -1.81. The number of aromatic nitrogens is 1. The van der Waals surface area contributed by atoms with Crippen LogP contribution < -0.4 is 0 Å². The fourth-order valence-electron chi connectivity index (χ4n) is 2.03. The van der Waals surface area contributed by atoms with Crippen molar-refractivity contribution in [3.05, 3.63) is 60.4 Å². The molecule has 0 spiro atoms. The first-order valence-electron chi connectivity index (χ1n) is 7.08. The van der Waals surface area contributed by atoms with Gasteiger partial charge in [-0.2, -0.15) is 0 Å². The van der Waals surface area contributed by atoms with E-state index in [0.29, 0.717) is 6.54 Å². The molecule has 0 saturated heterocycles. The van der Waals surface area contributed by atoms with Gasteiger partial charge in [-0.3, -0.25) is 9.78 Å². The molecule has 1 aromatic carbocycles. The van der Waals surface area contributed by atoms with Crippen LogP contribution in [0.15, 0.2) is 59.8 Å². The van der Waals surface area contributed by atoms with Crippen molar-refractivity contribution in [1.29, 1.82) is 0 Å². The third-order valence-corrected chi connectivity index (χ3v) is 4.25. The number of carbonyl (C=O) groups excluding carboxylic acids is 1. The lowest BCUT2D eigenvalue weighted by molar-refractivity contribution is -0.129. The van der Waals surface area contributed by atoms with E-state index < -0.39 is 0 Å². The first kappa shape index (κ1) is 15.6. The van der Waals surface area contributed by atoms with Gasteiger partial charge in [0.2, 0.25) is 5.91 Å². The Morgan fingerprint density at radius 3 is 2.52 bits per heavy atom. The number of carbonyl (C=O) groups is 1. The molecule has 110 valence electrons. The summed E-state index contributed by atoms with van der Waals surface area (Å²) in [5.74, 6) is 1.13. The molecule has 0 radical (unpaired) electrons. The smallest absolute Gasteiger partial charge is 0.219 e. The second kappa shape index (κ2) is 8.47. The van der Waals surface area contributed by atoms with Gasteiger partial charge < -0.3 is 4.90 Å². The van der Waals surface area contributed by atoms with Gasteiger partial charge in [-0.15, -0.1) is 11.8 Å². The maximum absolute atomic E-state index is 11.7. The Balaban J connectivity index is 1.77. The molecule has 0 fully saturated rings. The largest absolute Gasteiger partial charge is 0.339 e. The first-order chi connectivity index (χ1) is 10.3. The van der Waals surface area contributed by atoms with Gasteiger partial charge in [0.15, 0.2) is 0 Å². The predicted octanol–water partition coefficient (Wildman–Crippen LogP) is 3.61. The van der Waals surface area contributed by atoms with Gasteiger partial charge in [-0.1, -0.05) is 30.3 Å². The van der Waals surface area contributed by atoms with Crippen molar-refractivity contribution in [2.75, 3.05) is 12.3 Å². The van der Waals surface area contributed by atoms with Crippen LogP contribution >= 0.6 is 11.8 Å². The van der Waals surface area contributed by atoms with Crippen LogP contribution in [0.5, 0.6) is 0 Å². The maximum atomic E-state index is 11.7. The van der Waals surface area contributed by atoms with Gasteiger partial charge in [0.1, 0.15) is 0 Å². The third-order valence-electron chi connectivity index (χ3n) is 3.15. The van der Waals surface area contributed by atoms with Gasteiger partial charge in [0.25, 0.3) is 0 Å². The molecule has 4 heteroatoms. The lowest BCUT2D eigenvalue weighted by atomic mass is 10.2. The van der Waals surface area contributed by atoms with Gasteiger partial charge >= 0.3 is 0 Å². The molecule has 1 heterocycles. The van der Waals surface area contributed by atoms with Crippen LogP contribution in [-0.2, 0) is 11.3 Å². The van der Waals surface area contributed by atoms with E-state index in [4.69, 9.17) is 0 Å². The molecule has 0 bridgehead atoms. The van der Waals surface area contributed by atoms with E-state index >= 15 is 0 Å². The molecule has 2 aromatic rings. The van der Waals surface area contributed by atoms with Gasteiger partial charge in [-0.05, 0) is 29.9 Å². The zero-order chi connectivity index (χ0) is 14.9. The summed E-state index contributed by atoms with van der Waals surface area (Å²) in [6, 6.07) is 14.1. The van der Waals surface area contributed by atoms with Gasteiger partial charge in [-0.25, -0.2) is 0 Å². The van der Waals surface area contributed by atoms with E-state index in [1.807, 2.05) is 35.2 Å². The lowest BCUT2D eigenvalue weighted by Gasteiger charge is -2.21. The minimum Gasteiger partial charge on any atom is -0.339 e. The Morgan fingerprint density at radius 1 is 1.14 bits per heavy atom. The molecule has 0 unspecified atom stereocenters. The molecule has 2 rings (SSSR count). The number of pyridine rings is 1. The molecule has 21 heavy (non-hydrogen) atoms. The molecule has 0 atom stereocenters. The lowest BCUT2D eigenvalue weighted by Crippen LogP contribution is -2.29. The Bertz CT molecular complexity index is 545. The van der Waals surface area contributed by atoms with E-state index in [1.54, 1.807) is 31.1 Å². The summed E-state index contributed by atoms with van der Waals surface area (Å²) in [4.78, 5) is 18.9. The van der Waals surface area contributed by atoms with Crippen molar-refractivity contribution >= 4 is 17.7 Å². The molecule has 0 aliphatic carbocycles. The van der Waals surface area contributed by atoms with Crippen molar-refractivity contribution in [3.8, 4) is 0 Å². The highest BCUT2D eigenvalue weighted by Crippen LogP contribution is 2.17. The Morgan fingerprint density at radius 2 is 1.86 bits per heavy atom. The molecule has 1 aromatic heterocycles. The molecular weight excluding hydrogens is 280 g/mol. The standard InChI is InChI=1S/C17H20N2OS/c1-15(20)19(14-16-6-3-2-4-7-16)12-5-13-21-17-8-10-18-11-9-17/h2-4,6-11H,5,12-14H2,1H3. The van der Waals surface area contributed by atoms with E-state index in [0.717, 1.165) is 18.7 Å². The quantitative estimate of drug-likeness (QED) is 0.578. The summed E-state index contributed by atoms with van der Waals surface area (Å²) >= 11 is 1.80. The number of hydrogen-bond donors (Lipinski definition) is 0. The van der Waals surface area contributed by atoms with E-state index in [-0.39, 0.29) is 5.91 Å². The van der Waals surface area contributed by atoms with Crippen molar-refractivity contribution in [2.24, 2.45) is 0 Å². The molecule has 1 amide bonds. The van der Waals surface area contributed by atoms with E-state index in [1.165, 1.54) is 10.5 Å². The average molecular weight is 300 g/mol. The Kier molecular flexibility index (Phi) is 6.28. The van der Waals surface area contributed by atoms with Crippen LogP contribution in [0, 0.1) is 0 Å². The maximum Gasteiger partial charge on any atom is 0.219 e. The molecule has 0 aliphatic heterocycles. The molecule has 0 aliphatic rings. The van der Waals surface area contributed by atoms with E-state index in [9.17, 15) is 4.79 Å². The third kappa shape index (κ3) is 5.60. The van der Waals surface area contributed by atoms with Crippen molar-refractivity contribution in [2.45, 2.75) is 24.8 Å². The van der Waals surface area contributed by atoms with Crippen molar-refractivity contribution in [3.63, 3.8) is 0 Å². The van der Waals surface area contributed by atoms with Crippen LogP contribution in [-0.4, -0.2) is 28.1 Å². The van der Waals surface area contributed by atoms with Gasteiger partial charge in [0, 0.05) is 37.3 Å². The predicted molar refractivity (Wildman–Crippen MR) is 87.1 cm³/mol. The van der Waals surface area contributed by atoms with Crippen LogP contribution in [0.25, 0.3) is 0 Å². The topological polar surface area (TPSA) is 33.2 Å². The summed E-state index contributed by atoms with van der Waals surface area (Å²) < 4.78 is 0. The van der Waals surface area contributed by atoms with Crippen LogP contribution in [0.3, 0.4) is 0 Å². The van der Waals surface area contributed by atoms with E-state index in [2.05, 4.69) is 17.1 Å². The number of amides is 1. The first-order valence-corrected chi connectivity index (χ1v) is 8.06. The van der Waals surface area contributed by atoms with Crippen molar-refractivity contribution < 1.29 is 4.79 Å². The van der Waals surface area contributed by atoms with Crippen LogP contribution in [0.4, 0.5) is 0 Å². The summed E-state index contributed by atoms with van der Waals surface area (Å²) in [7, 11) is 0.